The van der Waals surface area contributed by atoms with E-state index in [1.54, 1.807) is 24.3 Å². The highest BCUT2D eigenvalue weighted by Gasteiger charge is 2.13. The van der Waals surface area contributed by atoms with Crippen molar-refractivity contribution in [3.05, 3.63) is 105 Å². The molecule has 3 aromatic carbocycles. The molecule has 156 valence electrons. The van der Waals surface area contributed by atoms with Crippen molar-refractivity contribution in [1.29, 1.82) is 0 Å². The lowest BCUT2D eigenvalue weighted by Gasteiger charge is -2.05. The number of rotatable bonds is 7. The lowest BCUT2D eigenvalue weighted by molar-refractivity contribution is -0.384. The molecule has 0 saturated carbocycles. The number of hydrogen-bond acceptors (Lipinski definition) is 6. The highest BCUT2D eigenvalue weighted by molar-refractivity contribution is 5.92. The van der Waals surface area contributed by atoms with Gasteiger partial charge in [-0.1, -0.05) is 48.0 Å². The van der Waals surface area contributed by atoms with E-state index in [-0.39, 0.29) is 29.3 Å². The van der Waals surface area contributed by atoms with Gasteiger partial charge in [-0.15, -0.1) is 0 Å². The molecule has 3 rings (SSSR count). The van der Waals surface area contributed by atoms with E-state index in [2.05, 4.69) is 10.5 Å². The Labute approximate surface area is 178 Å². The summed E-state index contributed by atoms with van der Waals surface area (Å²) in [6, 6.07) is 19.5. The van der Waals surface area contributed by atoms with Gasteiger partial charge in [0.1, 0.15) is 5.75 Å². The van der Waals surface area contributed by atoms with Crippen LogP contribution in [0, 0.1) is 17.0 Å². The molecule has 0 bridgehead atoms. The van der Waals surface area contributed by atoms with Crippen molar-refractivity contribution in [2.24, 2.45) is 5.10 Å². The van der Waals surface area contributed by atoms with E-state index in [9.17, 15) is 19.7 Å². The molecular formula is C23H19N3O5. The Morgan fingerprint density at radius 1 is 1.06 bits per heavy atom. The van der Waals surface area contributed by atoms with Crippen molar-refractivity contribution in [3.8, 4) is 5.75 Å². The molecule has 0 atom stereocenters. The zero-order valence-electron chi connectivity index (χ0n) is 16.6. The third-order valence-electron chi connectivity index (χ3n) is 4.25. The molecule has 0 aromatic heterocycles. The zero-order chi connectivity index (χ0) is 22.2. The molecule has 0 unspecified atom stereocenters. The number of carbonyl (C=O) groups excluding carboxylic acids is 2. The van der Waals surface area contributed by atoms with E-state index in [0.717, 1.165) is 17.2 Å². The molecule has 0 fully saturated rings. The van der Waals surface area contributed by atoms with Crippen LogP contribution in [0.1, 0.15) is 27.0 Å². The maximum atomic E-state index is 12.3. The van der Waals surface area contributed by atoms with Crippen LogP contribution in [0.3, 0.4) is 0 Å². The van der Waals surface area contributed by atoms with Crippen LogP contribution < -0.4 is 10.2 Å². The second kappa shape index (κ2) is 9.93. The number of nitrogens with zero attached hydrogens (tertiary/aromatic N) is 2. The number of non-ortho nitro benzene ring substituents is 1. The van der Waals surface area contributed by atoms with Crippen molar-refractivity contribution in [2.45, 2.75) is 13.3 Å². The fourth-order valence-corrected chi connectivity index (χ4v) is 2.68. The molecule has 8 nitrogen and oxygen atoms in total. The number of aryl methyl sites for hydroxylation is 1. The first kappa shape index (κ1) is 21.4. The lowest BCUT2D eigenvalue weighted by Crippen LogP contribution is -2.19. The summed E-state index contributed by atoms with van der Waals surface area (Å²) in [4.78, 5) is 34.5. The Morgan fingerprint density at radius 3 is 2.55 bits per heavy atom. The zero-order valence-corrected chi connectivity index (χ0v) is 16.6. The summed E-state index contributed by atoms with van der Waals surface area (Å²) in [7, 11) is 0. The van der Waals surface area contributed by atoms with Crippen LogP contribution >= 0.6 is 0 Å². The van der Waals surface area contributed by atoms with Crippen LogP contribution in [0.15, 0.2) is 77.9 Å². The molecule has 0 radical (unpaired) electrons. The monoisotopic (exact) mass is 417 g/mol. The molecule has 8 heteroatoms. The summed E-state index contributed by atoms with van der Waals surface area (Å²) in [5, 5.41) is 14.8. The molecule has 0 heterocycles. The molecule has 0 saturated heterocycles. The van der Waals surface area contributed by atoms with Gasteiger partial charge in [-0.3, -0.25) is 14.9 Å². The quantitative estimate of drug-likeness (QED) is 0.207. The van der Waals surface area contributed by atoms with Crippen molar-refractivity contribution in [2.75, 3.05) is 0 Å². The maximum Gasteiger partial charge on any atom is 0.343 e. The first-order chi connectivity index (χ1) is 14.9. The van der Waals surface area contributed by atoms with Gasteiger partial charge in [-0.2, -0.15) is 5.10 Å². The van der Waals surface area contributed by atoms with Crippen molar-refractivity contribution in [3.63, 3.8) is 0 Å². The molecule has 1 N–H and O–H groups in total. The van der Waals surface area contributed by atoms with E-state index < -0.39 is 10.9 Å². The normalized spacial score (nSPS) is 10.6. The Kier molecular flexibility index (Phi) is 6.85. The van der Waals surface area contributed by atoms with Crippen LogP contribution in [-0.4, -0.2) is 23.0 Å². The molecule has 3 aromatic rings. The van der Waals surface area contributed by atoms with Crippen molar-refractivity contribution in [1.82, 2.24) is 5.43 Å². The second-order valence-electron chi connectivity index (χ2n) is 6.73. The minimum atomic E-state index is -0.718. The third-order valence-corrected chi connectivity index (χ3v) is 4.25. The van der Waals surface area contributed by atoms with Crippen LogP contribution in [0.2, 0.25) is 0 Å². The second-order valence-corrected chi connectivity index (χ2v) is 6.73. The number of hydrazone groups is 1. The highest BCUT2D eigenvalue weighted by Crippen LogP contribution is 2.17. The predicted molar refractivity (Wildman–Crippen MR) is 115 cm³/mol. The van der Waals surface area contributed by atoms with E-state index in [4.69, 9.17) is 4.74 Å². The van der Waals surface area contributed by atoms with Crippen LogP contribution in [0.25, 0.3) is 0 Å². The van der Waals surface area contributed by atoms with Gasteiger partial charge >= 0.3 is 5.97 Å². The highest BCUT2D eigenvalue weighted by atomic mass is 16.6. The summed E-state index contributed by atoms with van der Waals surface area (Å²) >= 11 is 0. The number of nitrogens with one attached hydrogen (secondary N) is 1. The summed E-state index contributed by atoms with van der Waals surface area (Å²) in [6.07, 6.45) is 1.64. The largest absolute Gasteiger partial charge is 0.423 e. The number of amides is 1. The SMILES string of the molecule is Cc1ccc(CC(=O)NN=Cc2cccc(OC(=O)c3cccc([N+](=O)[O-])c3)c2)cc1. The van der Waals surface area contributed by atoms with Gasteiger partial charge in [-0.25, -0.2) is 10.2 Å². The number of ether oxygens (including phenoxy) is 1. The molecule has 0 aliphatic heterocycles. The third kappa shape index (κ3) is 6.33. The first-order valence-corrected chi connectivity index (χ1v) is 9.35. The maximum absolute atomic E-state index is 12.3. The average molecular weight is 417 g/mol. The number of hydrogen-bond donors (Lipinski definition) is 1. The van der Waals surface area contributed by atoms with Crippen molar-refractivity contribution < 1.29 is 19.2 Å². The van der Waals surface area contributed by atoms with Gasteiger partial charge in [0, 0.05) is 12.1 Å². The Morgan fingerprint density at radius 2 is 1.81 bits per heavy atom. The molecule has 0 aliphatic rings. The Balaban J connectivity index is 1.58. The first-order valence-electron chi connectivity index (χ1n) is 9.35. The fourth-order valence-electron chi connectivity index (χ4n) is 2.68. The predicted octanol–water partition coefficient (Wildman–Crippen LogP) is 3.82. The number of benzene rings is 3. The molecular weight excluding hydrogens is 398 g/mol. The van der Waals surface area contributed by atoms with Gasteiger partial charge in [-0.05, 0) is 36.2 Å². The van der Waals surface area contributed by atoms with Crippen LogP contribution in [0.5, 0.6) is 5.75 Å². The van der Waals surface area contributed by atoms with Gasteiger partial charge in [0.2, 0.25) is 5.91 Å². The minimum absolute atomic E-state index is 0.0663. The minimum Gasteiger partial charge on any atom is -0.423 e. The molecule has 0 spiro atoms. The van der Waals surface area contributed by atoms with Crippen molar-refractivity contribution >= 4 is 23.8 Å². The van der Waals surface area contributed by atoms with Crippen LogP contribution in [-0.2, 0) is 11.2 Å². The summed E-state index contributed by atoms with van der Waals surface area (Å²) in [5.74, 6) is -0.732. The van der Waals surface area contributed by atoms with E-state index in [1.165, 1.54) is 24.4 Å². The fraction of sp³-hybridized carbons (Fsp3) is 0.0870. The van der Waals surface area contributed by atoms with Gasteiger partial charge < -0.3 is 4.74 Å². The molecule has 1 amide bonds. The van der Waals surface area contributed by atoms with E-state index in [1.807, 2.05) is 31.2 Å². The Bertz CT molecular complexity index is 1140. The summed E-state index contributed by atoms with van der Waals surface area (Å²) in [6.45, 7) is 1.98. The molecule has 31 heavy (non-hydrogen) atoms. The van der Waals surface area contributed by atoms with Gasteiger partial charge in [0.25, 0.3) is 5.69 Å². The van der Waals surface area contributed by atoms with Gasteiger partial charge in [0.15, 0.2) is 0 Å². The topological polar surface area (TPSA) is 111 Å². The van der Waals surface area contributed by atoms with Crippen LogP contribution in [0.4, 0.5) is 5.69 Å². The summed E-state index contributed by atoms with van der Waals surface area (Å²) < 4.78 is 5.28. The lowest BCUT2D eigenvalue weighted by atomic mass is 10.1. The Hall–Kier alpha value is -4.33. The average Bonchev–Trinajstić information content (AvgIpc) is 2.76. The van der Waals surface area contributed by atoms with E-state index >= 15 is 0 Å². The smallest absolute Gasteiger partial charge is 0.343 e. The van der Waals surface area contributed by atoms with E-state index in [0.29, 0.717) is 5.56 Å². The van der Waals surface area contributed by atoms with Gasteiger partial charge in [0.05, 0.1) is 23.1 Å². The standard InChI is InChI=1S/C23H19N3O5/c1-16-8-10-17(11-9-16)13-22(27)25-24-15-18-4-2-7-21(12-18)31-23(28)19-5-3-6-20(14-19)26(29)30/h2-12,14-15H,13H2,1H3,(H,25,27). The molecule has 0 aliphatic carbocycles. The summed E-state index contributed by atoms with van der Waals surface area (Å²) in [5.41, 5.74) is 4.92. The number of carbonyl (C=O) groups is 2. The number of nitro benzene ring substituents is 1. The number of nitro groups is 1. The number of esters is 1.